The van der Waals surface area contributed by atoms with E-state index in [-0.39, 0.29) is 0 Å². The van der Waals surface area contributed by atoms with Crippen molar-refractivity contribution in [3.8, 4) is 0 Å². The molecule has 0 aliphatic carbocycles. The molecule has 0 amide bonds. The predicted octanol–water partition coefficient (Wildman–Crippen LogP) is 0.745. The smallest absolute Gasteiger partial charge is 0.0448 e. The highest BCUT2D eigenvalue weighted by molar-refractivity contribution is 7.99. The molecule has 2 heterocycles. The molecule has 2 aliphatic rings. The summed E-state index contributed by atoms with van der Waals surface area (Å²) in [6.45, 7) is 3.77. The fraction of sp³-hybridized carbons (Fsp3) is 1.00. The molecule has 0 spiro atoms. The van der Waals surface area contributed by atoms with Gasteiger partial charge in [-0.1, -0.05) is 0 Å². The van der Waals surface area contributed by atoms with Crippen LogP contribution in [0.4, 0.5) is 0 Å². The minimum Gasteiger partial charge on any atom is -0.315 e. The summed E-state index contributed by atoms with van der Waals surface area (Å²) in [5, 5.41) is 3.46. The molecule has 1 N–H and O–H groups in total. The summed E-state index contributed by atoms with van der Waals surface area (Å²) in [7, 11) is 0. The van der Waals surface area contributed by atoms with E-state index < -0.39 is 0 Å². The summed E-state index contributed by atoms with van der Waals surface area (Å²) < 4.78 is 0. The fourth-order valence-corrected chi connectivity index (χ4v) is 2.93. The Morgan fingerprint density at radius 3 is 3.09 bits per heavy atom. The van der Waals surface area contributed by atoms with Crippen molar-refractivity contribution in [2.24, 2.45) is 0 Å². The first-order chi connectivity index (χ1) is 5.47. The monoisotopic (exact) mass is 172 g/mol. The van der Waals surface area contributed by atoms with Gasteiger partial charge in [0, 0.05) is 30.8 Å². The first-order valence-electron chi connectivity index (χ1n) is 4.49. The molecule has 1 unspecified atom stereocenters. The average Bonchev–Trinajstić information content (AvgIpc) is 2.58. The SMILES string of the molecule is C1CNCC(N2CCSC2)C1. The third kappa shape index (κ3) is 1.89. The molecule has 3 heteroatoms. The Labute approximate surface area is 72.7 Å². The minimum atomic E-state index is 0.846. The summed E-state index contributed by atoms with van der Waals surface area (Å²) in [4.78, 5) is 2.62. The maximum atomic E-state index is 3.46. The van der Waals surface area contributed by atoms with Crippen LogP contribution in [0.5, 0.6) is 0 Å². The second-order valence-corrected chi connectivity index (χ2v) is 4.42. The number of hydrogen-bond donors (Lipinski definition) is 1. The number of nitrogens with zero attached hydrogens (tertiary/aromatic N) is 1. The van der Waals surface area contributed by atoms with Gasteiger partial charge in [0.05, 0.1) is 0 Å². The van der Waals surface area contributed by atoms with E-state index >= 15 is 0 Å². The normalized spacial score (nSPS) is 34.4. The lowest BCUT2D eigenvalue weighted by Crippen LogP contribution is -2.44. The number of rotatable bonds is 1. The molecule has 2 nitrogen and oxygen atoms in total. The van der Waals surface area contributed by atoms with Gasteiger partial charge in [0.2, 0.25) is 0 Å². The molecule has 0 aromatic heterocycles. The van der Waals surface area contributed by atoms with Crippen LogP contribution in [0.2, 0.25) is 0 Å². The number of hydrogen-bond acceptors (Lipinski definition) is 3. The highest BCUT2D eigenvalue weighted by Crippen LogP contribution is 2.19. The Hall–Kier alpha value is 0.270. The van der Waals surface area contributed by atoms with Crippen LogP contribution in [0.15, 0.2) is 0 Å². The van der Waals surface area contributed by atoms with Crippen molar-refractivity contribution in [1.82, 2.24) is 10.2 Å². The Morgan fingerprint density at radius 1 is 1.45 bits per heavy atom. The van der Waals surface area contributed by atoms with Crippen molar-refractivity contribution in [1.29, 1.82) is 0 Å². The second kappa shape index (κ2) is 3.78. The fourth-order valence-electron chi connectivity index (χ4n) is 1.86. The van der Waals surface area contributed by atoms with Gasteiger partial charge in [-0.3, -0.25) is 4.90 Å². The molecule has 11 heavy (non-hydrogen) atoms. The van der Waals surface area contributed by atoms with Gasteiger partial charge < -0.3 is 5.32 Å². The van der Waals surface area contributed by atoms with Gasteiger partial charge in [-0.05, 0) is 19.4 Å². The molecule has 1 atom stereocenters. The topological polar surface area (TPSA) is 15.3 Å². The molecule has 2 fully saturated rings. The standard InChI is InChI=1S/C8H16N2S/c1-2-8(6-9-3-1)10-4-5-11-7-10/h8-9H,1-7H2. The third-order valence-corrected chi connectivity index (χ3v) is 3.55. The minimum absolute atomic E-state index is 0.846. The van der Waals surface area contributed by atoms with Crippen LogP contribution in [0.25, 0.3) is 0 Å². The summed E-state index contributed by atoms with van der Waals surface area (Å²) >= 11 is 2.07. The summed E-state index contributed by atoms with van der Waals surface area (Å²) in [5.41, 5.74) is 0. The van der Waals surface area contributed by atoms with Crippen molar-refractivity contribution in [2.75, 3.05) is 31.3 Å². The molecule has 0 bridgehead atoms. The van der Waals surface area contributed by atoms with Crippen LogP contribution in [0.3, 0.4) is 0 Å². The maximum Gasteiger partial charge on any atom is 0.0448 e. The van der Waals surface area contributed by atoms with Crippen LogP contribution in [-0.2, 0) is 0 Å². The Morgan fingerprint density at radius 2 is 2.45 bits per heavy atom. The molecular weight excluding hydrogens is 156 g/mol. The van der Waals surface area contributed by atoms with Gasteiger partial charge in [0.1, 0.15) is 0 Å². The van der Waals surface area contributed by atoms with Crippen LogP contribution in [0, 0.1) is 0 Å². The van der Waals surface area contributed by atoms with E-state index in [1.165, 1.54) is 44.1 Å². The predicted molar refractivity (Wildman–Crippen MR) is 49.9 cm³/mol. The van der Waals surface area contributed by atoms with Gasteiger partial charge >= 0.3 is 0 Å². The second-order valence-electron chi connectivity index (χ2n) is 3.35. The number of nitrogens with one attached hydrogen (secondary N) is 1. The van der Waals surface area contributed by atoms with Crippen molar-refractivity contribution in [2.45, 2.75) is 18.9 Å². The highest BCUT2D eigenvalue weighted by Gasteiger charge is 2.23. The zero-order chi connectivity index (χ0) is 7.52. The van der Waals surface area contributed by atoms with Crippen molar-refractivity contribution in [3.05, 3.63) is 0 Å². The Balaban J connectivity index is 1.82. The molecule has 0 saturated carbocycles. The maximum absolute atomic E-state index is 3.46. The molecule has 64 valence electrons. The lowest BCUT2D eigenvalue weighted by atomic mass is 10.1. The van der Waals surface area contributed by atoms with E-state index in [4.69, 9.17) is 0 Å². The van der Waals surface area contributed by atoms with Gasteiger partial charge in [-0.15, -0.1) is 11.8 Å². The van der Waals surface area contributed by atoms with Crippen LogP contribution >= 0.6 is 11.8 Å². The quantitative estimate of drug-likeness (QED) is 0.628. The van der Waals surface area contributed by atoms with E-state index in [9.17, 15) is 0 Å². The molecule has 0 radical (unpaired) electrons. The zero-order valence-corrected chi connectivity index (χ0v) is 7.70. The highest BCUT2D eigenvalue weighted by atomic mass is 32.2. The summed E-state index contributed by atoms with van der Waals surface area (Å²) in [6, 6.07) is 0.846. The van der Waals surface area contributed by atoms with Gasteiger partial charge in [0.15, 0.2) is 0 Å². The molecule has 0 aromatic rings. The summed E-state index contributed by atoms with van der Waals surface area (Å²) in [5.74, 6) is 2.61. The third-order valence-electron chi connectivity index (χ3n) is 2.57. The van der Waals surface area contributed by atoms with E-state index in [1.54, 1.807) is 0 Å². The van der Waals surface area contributed by atoms with E-state index in [1.807, 2.05) is 0 Å². The van der Waals surface area contributed by atoms with Gasteiger partial charge in [0.25, 0.3) is 0 Å². The Kier molecular flexibility index (Phi) is 2.72. The lowest BCUT2D eigenvalue weighted by Gasteiger charge is -2.30. The van der Waals surface area contributed by atoms with E-state index in [2.05, 4.69) is 22.0 Å². The zero-order valence-electron chi connectivity index (χ0n) is 6.88. The molecule has 0 aromatic carbocycles. The van der Waals surface area contributed by atoms with E-state index in [0.29, 0.717) is 0 Å². The van der Waals surface area contributed by atoms with Crippen LogP contribution in [0.1, 0.15) is 12.8 Å². The van der Waals surface area contributed by atoms with Crippen molar-refractivity contribution in [3.63, 3.8) is 0 Å². The van der Waals surface area contributed by atoms with Crippen molar-refractivity contribution >= 4 is 11.8 Å². The van der Waals surface area contributed by atoms with Crippen LogP contribution in [-0.4, -0.2) is 42.2 Å². The number of piperidine rings is 1. The first-order valence-corrected chi connectivity index (χ1v) is 5.65. The first kappa shape index (κ1) is 7.90. The van der Waals surface area contributed by atoms with E-state index in [0.717, 1.165) is 6.04 Å². The number of thioether (sulfide) groups is 1. The molecule has 2 aliphatic heterocycles. The van der Waals surface area contributed by atoms with Crippen LogP contribution < -0.4 is 5.32 Å². The summed E-state index contributed by atoms with van der Waals surface area (Å²) in [6.07, 6.45) is 2.78. The average molecular weight is 172 g/mol. The van der Waals surface area contributed by atoms with Gasteiger partial charge in [-0.25, -0.2) is 0 Å². The van der Waals surface area contributed by atoms with Gasteiger partial charge in [-0.2, -0.15) is 0 Å². The molecule has 2 rings (SSSR count). The Bertz CT molecular complexity index is 117. The molecular formula is C8H16N2S. The van der Waals surface area contributed by atoms with Crippen molar-refractivity contribution < 1.29 is 0 Å². The lowest BCUT2D eigenvalue weighted by molar-refractivity contribution is 0.213. The molecule has 2 saturated heterocycles. The largest absolute Gasteiger partial charge is 0.315 e.